The summed E-state index contributed by atoms with van der Waals surface area (Å²) >= 11 is 0. The molecule has 152 valence electrons. The largest absolute Gasteiger partial charge is 0.497 e. The molecule has 0 fully saturated rings. The normalized spacial score (nSPS) is 13.1. The topological polar surface area (TPSA) is 101 Å². The molecule has 28 heavy (non-hydrogen) atoms. The quantitative estimate of drug-likeness (QED) is 0.510. The molecule has 0 saturated heterocycles. The van der Waals surface area contributed by atoms with Gasteiger partial charge in [-0.2, -0.15) is 23.3 Å². The minimum absolute atomic E-state index is 0.0643. The number of H-pyrrole nitrogens is 1. The van der Waals surface area contributed by atoms with Gasteiger partial charge in [-0.3, -0.25) is 9.89 Å². The molecule has 1 aromatic heterocycles. The Bertz CT molecular complexity index is 818. The number of nitrogens with zero attached hydrogens (tertiary/aromatic N) is 2. The van der Waals surface area contributed by atoms with Crippen LogP contribution in [-0.2, 0) is 10.9 Å². The van der Waals surface area contributed by atoms with Gasteiger partial charge in [-0.25, -0.2) is 0 Å². The Hall–Kier alpha value is -3.08. The molecule has 0 aliphatic carbocycles. The first-order chi connectivity index (χ1) is 13.2. The second kappa shape index (κ2) is 9.22. The molecule has 8 nitrogen and oxygen atoms in total. The number of ether oxygens (including phenoxy) is 2. The Morgan fingerprint density at radius 3 is 2.50 bits per heavy atom. The van der Waals surface area contributed by atoms with Crippen LogP contribution < -0.4 is 15.4 Å². The third-order valence-electron chi connectivity index (χ3n) is 3.48. The Kier molecular flexibility index (Phi) is 6.99. The van der Waals surface area contributed by atoms with E-state index in [1.54, 1.807) is 19.1 Å². The molecule has 1 atom stereocenters. The van der Waals surface area contributed by atoms with Gasteiger partial charge in [-0.05, 0) is 31.2 Å². The lowest BCUT2D eigenvalue weighted by Crippen LogP contribution is -2.40. The zero-order valence-electron chi connectivity index (χ0n) is 15.4. The zero-order chi connectivity index (χ0) is 20.7. The molecule has 3 N–H and O–H groups in total. The molecule has 1 amide bonds. The van der Waals surface area contributed by atoms with Crippen LogP contribution in [0.5, 0.6) is 5.75 Å². The number of anilines is 1. The highest BCUT2D eigenvalue weighted by atomic mass is 19.4. The van der Waals surface area contributed by atoms with Gasteiger partial charge >= 0.3 is 6.18 Å². The lowest BCUT2D eigenvalue weighted by Gasteiger charge is -2.16. The summed E-state index contributed by atoms with van der Waals surface area (Å²) in [5, 5.41) is 10.9. The highest BCUT2D eigenvalue weighted by molar-refractivity contribution is 6.06. The van der Waals surface area contributed by atoms with Crippen molar-refractivity contribution in [3.05, 3.63) is 41.6 Å². The number of hydrogen-bond acceptors (Lipinski definition) is 4. The smallest absolute Gasteiger partial charge is 0.432 e. The number of guanidine groups is 1. The molecule has 0 aliphatic rings. The summed E-state index contributed by atoms with van der Waals surface area (Å²) in [6, 6.07) is 6.74. The summed E-state index contributed by atoms with van der Waals surface area (Å²) in [5.74, 6) is -0.243. The Morgan fingerprint density at radius 1 is 1.29 bits per heavy atom. The Balaban J connectivity index is 2.23. The number of alkyl halides is 3. The minimum atomic E-state index is -4.57. The number of carbonyl (C=O) groups is 1. The van der Waals surface area contributed by atoms with E-state index in [0.717, 1.165) is 6.07 Å². The molecule has 0 radical (unpaired) electrons. The average Bonchev–Trinajstić information content (AvgIpc) is 3.10. The van der Waals surface area contributed by atoms with Gasteiger partial charge < -0.3 is 20.1 Å². The number of methoxy groups -OCH3 is 2. The molecule has 1 aromatic carbocycles. The van der Waals surface area contributed by atoms with Crippen molar-refractivity contribution in [3.8, 4) is 5.75 Å². The van der Waals surface area contributed by atoms with Crippen molar-refractivity contribution in [3.63, 3.8) is 0 Å². The monoisotopic (exact) mass is 399 g/mol. The summed E-state index contributed by atoms with van der Waals surface area (Å²) in [7, 11) is 2.99. The van der Waals surface area contributed by atoms with Crippen molar-refractivity contribution in [1.29, 1.82) is 0 Å². The van der Waals surface area contributed by atoms with E-state index < -0.39 is 17.8 Å². The molecular weight excluding hydrogens is 379 g/mol. The third-order valence-corrected chi connectivity index (χ3v) is 3.48. The maximum Gasteiger partial charge on any atom is 0.432 e. The molecular formula is C17H20F3N5O3. The highest BCUT2D eigenvalue weighted by Crippen LogP contribution is 2.28. The fourth-order valence-electron chi connectivity index (χ4n) is 2.17. The van der Waals surface area contributed by atoms with Gasteiger partial charge in [0.1, 0.15) is 11.4 Å². The number of aliphatic imine (C=N–C) groups is 1. The number of aromatic nitrogens is 2. The van der Waals surface area contributed by atoms with E-state index in [1.165, 1.54) is 26.4 Å². The number of amides is 1. The molecule has 0 spiro atoms. The molecule has 0 aliphatic heterocycles. The lowest BCUT2D eigenvalue weighted by atomic mass is 10.2. The van der Waals surface area contributed by atoms with E-state index in [0.29, 0.717) is 5.75 Å². The Morgan fingerprint density at radius 2 is 1.96 bits per heavy atom. The van der Waals surface area contributed by atoms with E-state index in [1.807, 2.05) is 5.10 Å². The van der Waals surface area contributed by atoms with Crippen molar-refractivity contribution in [2.45, 2.75) is 19.1 Å². The van der Waals surface area contributed by atoms with Crippen LogP contribution >= 0.6 is 0 Å². The zero-order valence-corrected chi connectivity index (χ0v) is 15.4. The highest BCUT2D eigenvalue weighted by Gasteiger charge is 2.33. The summed E-state index contributed by atoms with van der Waals surface area (Å²) in [4.78, 5) is 16.3. The number of rotatable bonds is 6. The van der Waals surface area contributed by atoms with Gasteiger partial charge in [0.05, 0.1) is 13.7 Å². The van der Waals surface area contributed by atoms with Crippen LogP contribution in [0.3, 0.4) is 0 Å². The maximum absolute atomic E-state index is 12.7. The van der Waals surface area contributed by atoms with Crippen LogP contribution in [0.1, 0.15) is 23.0 Å². The number of carbonyl (C=O) groups excluding carboxylic acids is 1. The summed E-state index contributed by atoms with van der Waals surface area (Å²) in [5.41, 5.74) is -0.750. The van der Waals surface area contributed by atoms with E-state index in [4.69, 9.17) is 9.47 Å². The van der Waals surface area contributed by atoms with E-state index in [9.17, 15) is 18.0 Å². The van der Waals surface area contributed by atoms with Crippen LogP contribution in [0.15, 0.2) is 35.3 Å². The van der Waals surface area contributed by atoms with Crippen molar-refractivity contribution >= 4 is 17.7 Å². The molecule has 2 rings (SSSR count). The van der Waals surface area contributed by atoms with Crippen LogP contribution in [0.4, 0.5) is 19.0 Å². The lowest BCUT2D eigenvalue weighted by molar-refractivity contribution is -0.141. The third kappa shape index (κ3) is 5.98. The summed E-state index contributed by atoms with van der Waals surface area (Å²) < 4.78 is 48.2. The van der Waals surface area contributed by atoms with Gasteiger partial charge in [0.25, 0.3) is 5.91 Å². The second-order valence-corrected chi connectivity index (χ2v) is 5.78. The fourth-order valence-corrected chi connectivity index (χ4v) is 2.17. The predicted molar refractivity (Wildman–Crippen MR) is 96.4 cm³/mol. The molecule has 2 aromatic rings. The average molecular weight is 399 g/mol. The van der Waals surface area contributed by atoms with Gasteiger partial charge in [-0.15, -0.1) is 0 Å². The SMILES string of the molecule is COC[C@H](C)N/C(=N/C(=O)c1ccc(OC)cc1)Nc1cc(C(F)(F)F)[nH]n1. The van der Waals surface area contributed by atoms with Crippen LogP contribution in [0, 0.1) is 0 Å². The van der Waals surface area contributed by atoms with Gasteiger partial charge in [-0.1, -0.05) is 0 Å². The second-order valence-electron chi connectivity index (χ2n) is 5.78. The predicted octanol–water partition coefficient (Wildman–Crippen LogP) is 2.67. The number of hydrogen-bond donors (Lipinski definition) is 3. The van der Waals surface area contributed by atoms with Gasteiger partial charge in [0, 0.05) is 24.8 Å². The molecule has 0 unspecified atom stereocenters. The van der Waals surface area contributed by atoms with Crippen LogP contribution in [0.2, 0.25) is 0 Å². The number of benzene rings is 1. The first kappa shape index (κ1) is 21.2. The van der Waals surface area contributed by atoms with E-state index in [-0.39, 0.29) is 30.0 Å². The van der Waals surface area contributed by atoms with Crippen molar-refractivity contribution < 1.29 is 27.4 Å². The fraction of sp³-hybridized carbons (Fsp3) is 0.353. The number of aromatic amines is 1. The van der Waals surface area contributed by atoms with Crippen LogP contribution in [0.25, 0.3) is 0 Å². The molecule has 11 heteroatoms. The van der Waals surface area contributed by atoms with Gasteiger partial charge in [0.15, 0.2) is 5.82 Å². The van der Waals surface area contributed by atoms with Crippen LogP contribution in [-0.4, -0.2) is 48.9 Å². The summed E-state index contributed by atoms with van der Waals surface area (Å²) in [6.45, 7) is 2.04. The van der Waals surface area contributed by atoms with Crippen molar-refractivity contribution in [2.75, 3.05) is 26.1 Å². The van der Waals surface area contributed by atoms with Crippen molar-refractivity contribution in [1.82, 2.24) is 15.5 Å². The standard InChI is InChI=1S/C17H20F3N5O3/c1-10(9-27-2)21-16(22-14-8-13(24-25-14)17(18,19)20)23-15(26)11-4-6-12(28-3)7-5-11/h4-8,10H,9H2,1-3H3,(H3,21,22,23,24,25,26)/t10-/m0/s1. The van der Waals surface area contributed by atoms with Gasteiger partial charge in [0.2, 0.25) is 5.96 Å². The maximum atomic E-state index is 12.7. The summed E-state index contributed by atoms with van der Waals surface area (Å²) in [6.07, 6.45) is -4.57. The van der Waals surface area contributed by atoms with E-state index >= 15 is 0 Å². The first-order valence-corrected chi connectivity index (χ1v) is 8.15. The van der Waals surface area contributed by atoms with E-state index in [2.05, 4.69) is 20.7 Å². The molecule has 0 saturated carbocycles. The number of halogens is 3. The first-order valence-electron chi connectivity index (χ1n) is 8.15. The molecule has 1 heterocycles. The minimum Gasteiger partial charge on any atom is -0.497 e. The van der Waals surface area contributed by atoms with Crippen molar-refractivity contribution in [2.24, 2.45) is 4.99 Å². The number of nitrogens with one attached hydrogen (secondary N) is 3. The molecule has 0 bridgehead atoms. The Labute approximate surface area is 159 Å².